The van der Waals surface area contributed by atoms with E-state index in [1.807, 2.05) is 51.1 Å². The van der Waals surface area contributed by atoms with E-state index in [4.69, 9.17) is 27.9 Å². The first-order valence-corrected chi connectivity index (χ1v) is 17.8. The number of ether oxygens (including phenoxy) is 1. The fraction of sp³-hybridized carbons (Fsp3) is 0.257. The maximum atomic E-state index is 14.6. The number of carbonyl (C=O) groups is 2. The van der Waals surface area contributed by atoms with Crippen molar-refractivity contribution >= 4 is 66.7 Å². The summed E-state index contributed by atoms with van der Waals surface area (Å²) in [4.78, 5) is 29.8. The molecule has 0 bridgehead atoms. The second-order valence-corrected chi connectivity index (χ2v) is 14.8. The summed E-state index contributed by atoms with van der Waals surface area (Å²) >= 11 is 15.9. The van der Waals surface area contributed by atoms with Crippen molar-refractivity contribution in [3.63, 3.8) is 0 Å². The maximum absolute atomic E-state index is 14.6. The van der Waals surface area contributed by atoms with Crippen LogP contribution in [0.4, 0.5) is 5.69 Å². The summed E-state index contributed by atoms with van der Waals surface area (Å²) in [5.41, 5.74) is 2.65. The standard InChI is InChI=1S/C35H36BrCl2N3O5S/c1-23(2)39-35(43)32(19-25-8-6-5-7-9-25)40(21-26-12-16-30(37)31(38)18-26)34(42)22-41(27-13-10-24(3)11-14-27)47(44,45)28-15-17-33(46-4)29(36)20-28/h5-18,20,23,32H,19,21-22H2,1-4H3,(H,39,43). The van der Waals surface area contributed by atoms with Gasteiger partial charge in [0.25, 0.3) is 10.0 Å². The molecule has 47 heavy (non-hydrogen) atoms. The van der Waals surface area contributed by atoms with Gasteiger partial charge in [-0.25, -0.2) is 8.42 Å². The number of halogens is 3. The highest BCUT2D eigenvalue weighted by Crippen LogP contribution is 2.31. The molecule has 0 heterocycles. The predicted octanol–water partition coefficient (Wildman–Crippen LogP) is 7.43. The molecule has 0 aromatic heterocycles. The van der Waals surface area contributed by atoms with Crippen molar-refractivity contribution in [1.82, 2.24) is 10.2 Å². The average Bonchev–Trinajstić information content (AvgIpc) is 3.03. The van der Waals surface area contributed by atoms with Crippen LogP contribution in [0.3, 0.4) is 0 Å². The van der Waals surface area contributed by atoms with E-state index in [1.165, 1.54) is 30.2 Å². The summed E-state index contributed by atoms with van der Waals surface area (Å²) in [6.45, 7) is 4.93. The molecule has 1 unspecified atom stereocenters. The summed E-state index contributed by atoms with van der Waals surface area (Å²) in [6, 6.07) is 24.3. The van der Waals surface area contributed by atoms with Gasteiger partial charge in [-0.3, -0.25) is 13.9 Å². The fourth-order valence-electron chi connectivity index (χ4n) is 4.94. The largest absolute Gasteiger partial charge is 0.496 e. The van der Waals surface area contributed by atoms with Crippen LogP contribution in [0.25, 0.3) is 0 Å². The highest BCUT2D eigenvalue weighted by atomic mass is 79.9. The van der Waals surface area contributed by atoms with Crippen molar-refractivity contribution in [1.29, 1.82) is 0 Å². The van der Waals surface area contributed by atoms with Crippen molar-refractivity contribution in [2.45, 2.75) is 50.7 Å². The zero-order valence-corrected chi connectivity index (χ0v) is 30.3. The summed E-state index contributed by atoms with van der Waals surface area (Å²) < 4.78 is 35.4. The number of rotatable bonds is 13. The van der Waals surface area contributed by atoms with Gasteiger partial charge in [0.2, 0.25) is 11.8 Å². The van der Waals surface area contributed by atoms with Gasteiger partial charge in [0, 0.05) is 19.0 Å². The first-order valence-electron chi connectivity index (χ1n) is 14.8. The van der Waals surface area contributed by atoms with Gasteiger partial charge < -0.3 is 15.0 Å². The number of sulfonamides is 1. The van der Waals surface area contributed by atoms with Crippen LogP contribution in [0.15, 0.2) is 100 Å². The smallest absolute Gasteiger partial charge is 0.264 e. The number of nitrogens with one attached hydrogen (secondary N) is 1. The Bertz CT molecular complexity index is 1820. The quantitative estimate of drug-likeness (QED) is 0.153. The lowest BCUT2D eigenvalue weighted by Gasteiger charge is -2.34. The van der Waals surface area contributed by atoms with Crippen LogP contribution >= 0.6 is 39.1 Å². The predicted molar refractivity (Wildman–Crippen MR) is 191 cm³/mol. The second kappa shape index (κ2) is 16.0. The molecule has 4 aromatic carbocycles. The highest BCUT2D eigenvalue weighted by Gasteiger charge is 2.35. The summed E-state index contributed by atoms with van der Waals surface area (Å²) in [6.07, 6.45) is 0.190. The molecule has 1 N–H and O–H groups in total. The Hall–Kier alpha value is -3.57. The normalized spacial score (nSPS) is 12.0. The van der Waals surface area contributed by atoms with Gasteiger partial charge in [-0.1, -0.05) is 77.3 Å². The number of anilines is 1. The summed E-state index contributed by atoms with van der Waals surface area (Å²) in [5, 5.41) is 3.57. The van der Waals surface area contributed by atoms with Gasteiger partial charge in [0.05, 0.1) is 32.2 Å². The molecule has 0 aliphatic rings. The van der Waals surface area contributed by atoms with Crippen molar-refractivity contribution < 1.29 is 22.7 Å². The number of hydrogen-bond donors (Lipinski definition) is 1. The molecule has 0 saturated heterocycles. The van der Waals surface area contributed by atoms with Gasteiger partial charge in [-0.15, -0.1) is 0 Å². The third kappa shape index (κ3) is 9.28. The maximum Gasteiger partial charge on any atom is 0.264 e. The first-order chi connectivity index (χ1) is 22.3. The molecule has 0 aliphatic heterocycles. The topological polar surface area (TPSA) is 96.0 Å². The van der Waals surface area contributed by atoms with E-state index >= 15 is 0 Å². The van der Waals surface area contributed by atoms with Gasteiger partial charge in [-0.2, -0.15) is 0 Å². The minimum absolute atomic E-state index is 0.0331. The third-order valence-corrected chi connectivity index (χ3v) is 10.5. The van der Waals surface area contributed by atoms with Crippen molar-refractivity contribution in [2.24, 2.45) is 0 Å². The average molecular weight is 762 g/mol. The number of benzene rings is 4. The Morgan fingerprint density at radius 2 is 1.57 bits per heavy atom. The summed E-state index contributed by atoms with van der Waals surface area (Å²) in [5.74, 6) is -0.511. The van der Waals surface area contributed by atoms with Gasteiger partial charge >= 0.3 is 0 Å². The molecule has 4 aromatic rings. The molecule has 4 rings (SSSR count). The summed E-state index contributed by atoms with van der Waals surface area (Å²) in [7, 11) is -2.81. The zero-order chi connectivity index (χ0) is 34.3. The molecule has 0 saturated carbocycles. The van der Waals surface area contributed by atoms with E-state index < -0.39 is 28.5 Å². The minimum Gasteiger partial charge on any atom is -0.496 e. The number of methoxy groups -OCH3 is 1. The fourth-order valence-corrected chi connectivity index (χ4v) is 7.40. The molecule has 0 fully saturated rings. The number of nitrogens with zero attached hydrogens (tertiary/aromatic N) is 2. The van der Waals surface area contributed by atoms with E-state index in [0.29, 0.717) is 20.8 Å². The highest BCUT2D eigenvalue weighted by molar-refractivity contribution is 9.10. The Kier molecular flexibility index (Phi) is 12.4. The molecule has 0 aliphatic carbocycles. The van der Waals surface area contributed by atoms with Crippen LogP contribution in [-0.2, 0) is 32.6 Å². The number of amides is 2. The van der Waals surface area contributed by atoms with Crippen LogP contribution in [0, 0.1) is 6.92 Å². The van der Waals surface area contributed by atoms with E-state index in [2.05, 4.69) is 21.2 Å². The van der Waals surface area contributed by atoms with Crippen molar-refractivity contribution in [2.75, 3.05) is 18.0 Å². The lowest BCUT2D eigenvalue weighted by atomic mass is 10.0. The Labute approximate surface area is 294 Å². The first kappa shape index (κ1) is 36.3. The van der Waals surface area contributed by atoms with Crippen LogP contribution in [0.5, 0.6) is 5.75 Å². The van der Waals surface area contributed by atoms with Crippen molar-refractivity contribution in [3.05, 3.63) is 122 Å². The molecule has 1 atom stereocenters. The molecule has 0 radical (unpaired) electrons. The number of carbonyl (C=O) groups excluding carboxylic acids is 2. The second-order valence-electron chi connectivity index (χ2n) is 11.3. The Morgan fingerprint density at radius 3 is 2.17 bits per heavy atom. The zero-order valence-electron chi connectivity index (χ0n) is 26.4. The van der Waals surface area contributed by atoms with E-state index in [0.717, 1.165) is 15.4 Å². The van der Waals surface area contributed by atoms with Gasteiger partial charge in [0.1, 0.15) is 18.3 Å². The lowest BCUT2D eigenvalue weighted by Crippen LogP contribution is -2.54. The Morgan fingerprint density at radius 1 is 0.894 bits per heavy atom. The molecular weight excluding hydrogens is 725 g/mol. The molecule has 8 nitrogen and oxygen atoms in total. The minimum atomic E-state index is -4.29. The molecular formula is C35H36BrCl2N3O5S. The van der Waals surface area contributed by atoms with E-state index in [-0.39, 0.29) is 40.5 Å². The number of hydrogen-bond acceptors (Lipinski definition) is 5. The molecule has 248 valence electrons. The lowest BCUT2D eigenvalue weighted by molar-refractivity contribution is -0.140. The Balaban J connectivity index is 1.83. The van der Waals surface area contributed by atoms with Crippen molar-refractivity contribution in [3.8, 4) is 5.75 Å². The molecule has 0 spiro atoms. The monoisotopic (exact) mass is 759 g/mol. The van der Waals surface area contributed by atoms with E-state index in [9.17, 15) is 18.0 Å². The van der Waals surface area contributed by atoms with Gasteiger partial charge in [-0.05, 0) is 90.3 Å². The van der Waals surface area contributed by atoms with Gasteiger partial charge in [0.15, 0.2) is 0 Å². The number of aryl methyl sites for hydroxylation is 1. The van der Waals surface area contributed by atoms with Crippen LogP contribution < -0.4 is 14.4 Å². The molecule has 12 heteroatoms. The van der Waals surface area contributed by atoms with E-state index in [1.54, 1.807) is 42.5 Å². The van der Waals surface area contributed by atoms with Crippen LogP contribution in [0.1, 0.15) is 30.5 Å². The third-order valence-electron chi connectivity index (χ3n) is 7.35. The van der Waals surface area contributed by atoms with Crippen LogP contribution in [0.2, 0.25) is 10.0 Å². The molecule has 2 amide bonds. The SMILES string of the molecule is COc1ccc(S(=O)(=O)N(CC(=O)N(Cc2ccc(Cl)c(Cl)c2)C(Cc2ccccc2)C(=O)NC(C)C)c2ccc(C)cc2)cc1Br. The van der Waals surface area contributed by atoms with Crippen LogP contribution in [-0.4, -0.2) is 50.9 Å².